The third kappa shape index (κ3) is 5.22. The number of benzene rings is 2. The Morgan fingerprint density at radius 3 is 2.70 bits per heavy atom. The lowest BCUT2D eigenvalue weighted by Gasteiger charge is -2.06. The molecule has 1 heterocycles. The molecule has 0 aliphatic carbocycles. The highest BCUT2D eigenvalue weighted by molar-refractivity contribution is 6.35. The van der Waals surface area contributed by atoms with Crippen LogP contribution in [-0.4, -0.2) is 15.7 Å². The molecule has 3 rings (SSSR count). The zero-order chi connectivity index (χ0) is 21.7. The van der Waals surface area contributed by atoms with E-state index in [2.05, 4.69) is 11.2 Å². The van der Waals surface area contributed by atoms with E-state index in [1.165, 1.54) is 6.08 Å². The van der Waals surface area contributed by atoms with E-state index in [1.807, 2.05) is 6.07 Å². The van der Waals surface area contributed by atoms with Crippen LogP contribution in [0.2, 0.25) is 15.2 Å². The van der Waals surface area contributed by atoms with Gasteiger partial charge in [0.1, 0.15) is 11.8 Å². The van der Waals surface area contributed by atoms with Gasteiger partial charge in [-0.2, -0.15) is 10.4 Å². The number of nitrogens with zero attached hydrogens (tertiary/aromatic N) is 3. The number of hydrogen-bond acceptors (Lipinski definition) is 4. The smallest absolute Gasteiger partial charge is 0.331 e. The minimum Gasteiger partial charge on any atom is -0.458 e. The molecule has 0 saturated carbocycles. The molecule has 0 saturated heterocycles. The monoisotopic (exact) mass is 459 g/mol. The zero-order valence-electron chi connectivity index (χ0n) is 15.9. The van der Waals surface area contributed by atoms with Crippen LogP contribution >= 0.6 is 34.8 Å². The van der Waals surface area contributed by atoms with Gasteiger partial charge in [0.05, 0.1) is 23.9 Å². The number of nitriles is 1. The molecule has 0 aliphatic rings. The quantitative estimate of drug-likeness (QED) is 0.343. The van der Waals surface area contributed by atoms with Crippen LogP contribution in [0.5, 0.6) is 0 Å². The first kappa shape index (κ1) is 21.9. The Morgan fingerprint density at radius 2 is 1.97 bits per heavy atom. The number of hydrogen-bond donors (Lipinski definition) is 0. The molecule has 8 heteroatoms. The predicted molar refractivity (Wildman–Crippen MR) is 118 cm³/mol. The molecular weight excluding hydrogens is 445 g/mol. The molecule has 0 spiro atoms. The van der Waals surface area contributed by atoms with Crippen LogP contribution < -0.4 is 0 Å². The molecule has 30 heavy (non-hydrogen) atoms. The number of rotatable bonds is 6. The standard InChI is InChI=1S/C22H16Cl3N3O2/c1-14-19(8-9-21(29)30-13-17-5-3-2-4-15(17)11-26)22(25)28(27-14)12-16-6-7-18(23)10-20(16)24/h2-10H,12-13H2,1H3. The maximum Gasteiger partial charge on any atom is 0.331 e. The first-order valence-corrected chi connectivity index (χ1v) is 10.0. The molecule has 0 unspecified atom stereocenters. The largest absolute Gasteiger partial charge is 0.458 e. The van der Waals surface area contributed by atoms with Crippen LogP contribution in [0.15, 0.2) is 48.5 Å². The number of halogens is 3. The Morgan fingerprint density at radius 1 is 1.20 bits per heavy atom. The highest BCUT2D eigenvalue weighted by Crippen LogP contribution is 2.26. The molecule has 0 bridgehead atoms. The van der Waals surface area contributed by atoms with E-state index in [-0.39, 0.29) is 6.61 Å². The lowest BCUT2D eigenvalue weighted by Crippen LogP contribution is -2.03. The summed E-state index contributed by atoms with van der Waals surface area (Å²) in [5, 5.41) is 14.9. The molecule has 0 radical (unpaired) electrons. The van der Waals surface area contributed by atoms with Crippen LogP contribution in [-0.2, 0) is 22.7 Å². The van der Waals surface area contributed by atoms with Crippen molar-refractivity contribution in [3.63, 3.8) is 0 Å². The van der Waals surface area contributed by atoms with Crippen LogP contribution in [0.1, 0.15) is 27.9 Å². The first-order valence-electron chi connectivity index (χ1n) is 8.88. The number of carbonyl (C=O) groups is 1. The minimum absolute atomic E-state index is 0.00789. The van der Waals surface area contributed by atoms with Crippen molar-refractivity contribution in [2.45, 2.75) is 20.1 Å². The van der Waals surface area contributed by atoms with E-state index in [4.69, 9.17) is 44.8 Å². The van der Waals surface area contributed by atoms with Crippen molar-refractivity contribution in [2.75, 3.05) is 0 Å². The Bertz CT molecular complexity index is 1160. The predicted octanol–water partition coefficient (Wildman–Crippen LogP) is 5.83. The van der Waals surface area contributed by atoms with Crippen molar-refractivity contribution in [1.82, 2.24) is 9.78 Å². The Kier molecular flexibility index (Phi) is 7.17. The van der Waals surface area contributed by atoms with Gasteiger partial charge in [0.15, 0.2) is 0 Å². The van der Waals surface area contributed by atoms with Crippen molar-refractivity contribution in [1.29, 1.82) is 5.26 Å². The molecule has 1 aromatic heterocycles. The van der Waals surface area contributed by atoms with E-state index in [0.717, 1.165) is 5.56 Å². The van der Waals surface area contributed by atoms with Crippen LogP contribution in [0, 0.1) is 18.3 Å². The number of carbonyl (C=O) groups excluding carboxylic acids is 1. The molecule has 0 atom stereocenters. The maximum atomic E-state index is 12.1. The minimum atomic E-state index is -0.549. The molecule has 0 fully saturated rings. The Balaban J connectivity index is 1.69. The fourth-order valence-corrected chi connectivity index (χ4v) is 3.54. The van der Waals surface area contributed by atoms with Gasteiger partial charge in [0.25, 0.3) is 0 Å². The second kappa shape index (κ2) is 9.82. The summed E-state index contributed by atoms with van der Waals surface area (Å²) in [4.78, 5) is 12.1. The number of ether oxygens (including phenoxy) is 1. The second-order valence-electron chi connectivity index (χ2n) is 6.39. The Hall–Kier alpha value is -2.78. The van der Waals surface area contributed by atoms with Gasteiger partial charge in [-0.05, 0) is 36.8 Å². The van der Waals surface area contributed by atoms with Crippen molar-refractivity contribution in [3.05, 3.63) is 91.7 Å². The first-order chi connectivity index (χ1) is 14.4. The molecule has 2 aromatic carbocycles. The molecule has 3 aromatic rings. The maximum absolute atomic E-state index is 12.1. The number of aryl methyl sites for hydroxylation is 1. The zero-order valence-corrected chi connectivity index (χ0v) is 18.2. The lowest BCUT2D eigenvalue weighted by molar-refractivity contribution is -0.138. The SMILES string of the molecule is Cc1nn(Cc2ccc(Cl)cc2Cl)c(Cl)c1C=CC(=O)OCc1ccccc1C#N. The van der Waals surface area contributed by atoms with Crippen molar-refractivity contribution < 1.29 is 9.53 Å². The molecule has 0 aliphatic heterocycles. The van der Waals surface area contributed by atoms with Crippen LogP contribution in [0.3, 0.4) is 0 Å². The fraction of sp³-hybridized carbons (Fsp3) is 0.136. The highest BCUT2D eigenvalue weighted by Gasteiger charge is 2.13. The average molecular weight is 461 g/mol. The normalized spacial score (nSPS) is 10.9. The van der Waals surface area contributed by atoms with E-state index in [9.17, 15) is 4.79 Å². The van der Waals surface area contributed by atoms with E-state index >= 15 is 0 Å². The topological polar surface area (TPSA) is 67.9 Å². The fourth-order valence-electron chi connectivity index (χ4n) is 2.78. The molecule has 0 N–H and O–H groups in total. The average Bonchev–Trinajstić information content (AvgIpc) is 2.99. The summed E-state index contributed by atoms with van der Waals surface area (Å²) in [6, 6.07) is 14.2. The Labute approximate surface area is 189 Å². The summed E-state index contributed by atoms with van der Waals surface area (Å²) in [5.41, 5.74) is 3.19. The third-order valence-electron chi connectivity index (χ3n) is 4.34. The lowest BCUT2D eigenvalue weighted by atomic mass is 10.1. The van der Waals surface area contributed by atoms with E-state index in [0.29, 0.717) is 44.1 Å². The van der Waals surface area contributed by atoms with Gasteiger partial charge >= 0.3 is 5.97 Å². The van der Waals surface area contributed by atoms with Crippen molar-refractivity contribution in [3.8, 4) is 6.07 Å². The summed E-state index contributed by atoms with van der Waals surface area (Å²) >= 11 is 18.6. The summed E-state index contributed by atoms with van der Waals surface area (Å²) < 4.78 is 6.82. The van der Waals surface area contributed by atoms with Crippen molar-refractivity contribution in [2.24, 2.45) is 0 Å². The molecule has 5 nitrogen and oxygen atoms in total. The van der Waals surface area contributed by atoms with Crippen LogP contribution in [0.25, 0.3) is 6.08 Å². The molecular formula is C22H16Cl3N3O2. The molecule has 0 amide bonds. The molecule has 152 valence electrons. The van der Waals surface area contributed by atoms with Gasteiger partial charge in [-0.1, -0.05) is 59.1 Å². The van der Waals surface area contributed by atoms with Gasteiger partial charge in [0.2, 0.25) is 0 Å². The summed E-state index contributed by atoms with van der Waals surface area (Å²) in [5.74, 6) is -0.549. The van der Waals surface area contributed by atoms with Gasteiger partial charge in [-0.25, -0.2) is 9.48 Å². The van der Waals surface area contributed by atoms with Crippen molar-refractivity contribution >= 4 is 46.8 Å². The van der Waals surface area contributed by atoms with Gasteiger partial charge in [-0.15, -0.1) is 0 Å². The number of esters is 1. The second-order valence-corrected chi connectivity index (χ2v) is 7.59. The van der Waals surface area contributed by atoms with Gasteiger partial charge < -0.3 is 4.74 Å². The van der Waals surface area contributed by atoms with Gasteiger partial charge in [-0.3, -0.25) is 0 Å². The van der Waals surface area contributed by atoms with Crippen LogP contribution in [0.4, 0.5) is 0 Å². The summed E-state index contributed by atoms with van der Waals surface area (Å²) in [6.07, 6.45) is 2.84. The summed E-state index contributed by atoms with van der Waals surface area (Å²) in [7, 11) is 0. The highest BCUT2D eigenvalue weighted by atomic mass is 35.5. The number of aromatic nitrogens is 2. The summed E-state index contributed by atoms with van der Waals surface area (Å²) in [6.45, 7) is 2.16. The van der Waals surface area contributed by atoms with E-state index in [1.54, 1.807) is 54.1 Å². The van der Waals surface area contributed by atoms with Gasteiger partial charge in [0, 0.05) is 27.2 Å². The van der Waals surface area contributed by atoms with E-state index < -0.39 is 5.97 Å². The third-order valence-corrected chi connectivity index (χ3v) is 5.32.